The zero-order valence-corrected chi connectivity index (χ0v) is 7.25. The Morgan fingerprint density at radius 1 is 1.73 bits per heavy atom. The van der Waals surface area contributed by atoms with Crippen molar-refractivity contribution in [2.24, 2.45) is 0 Å². The zero-order valence-electron chi connectivity index (χ0n) is 5.67. The lowest BCUT2D eigenvalue weighted by atomic mass is 10.4. The van der Waals surface area contributed by atoms with E-state index in [1.54, 1.807) is 0 Å². The van der Waals surface area contributed by atoms with Gasteiger partial charge in [-0.05, 0) is 21.7 Å². The number of nitrogens with zero attached hydrogens (tertiary/aromatic N) is 1. The summed E-state index contributed by atoms with van der Waals surface area (Å²) in [5, 5.41) is 0. The molecular weight excluding hydrogens is 189 g/mol. The molecule has 0 aliphatic heterocycles. The van der Waals surface area contributed by atoms with E-state index < -0.39 is 5.95 Å². The van der Waals surface area contributed by atoms with Gasteiger partial charge < -0.3 is 4.74 Å². The Bertz CT molecular complexity index is 258. The largest absolute Gasteiger partial charge is 0.492 e. The molecule has 0 aliphatic rings. The lowest BCUT2D eigenvalue weighted by Gasteiger charge is -2.00. The fraction of sp³-hybridized carbons (Fsp3) is 0.167. The number of hydrogen-bond donors (Lipinski definition) is 0. The van der Waals surface area contributed by atoms with Crippen LogP contribution in [-0.4, -0.2) is 12.1 Å². The van der Waals surface area contributed by atoms with Crippen molar-refractivity contribution in [1.82, 2.24) is 4.98 Å². The summed E-state index contributed by atoms with van der Waals surface area (Å²) in [6.07, 6.45) is 1.34. The summed E-state index contributed by atoms with van der Waals surface area (Å²) in [5.74, 6) is -0.516. The lowest BCUT2D eigenvalue weighted by Crippen LogP contribution is -1.90. The molecule has 0 saturated carbocycles. The average Bonchev–Trinajstić information content (AvgIpc) is 2.05. The van der Waals surface area contributed by atoms with Gasteiger partial charge >= 0.3 is 0 Å². The van der Waals surface area contributed by atoms with Crippen LogP contribution in [0.3, 0.4) is 0 Å². The van der Waals surface area contributed by atoms with Crippen LogP contribution in [0.4, 0.5) is 4.39 Å². The molecule has 0 bridgehead atoms. The molecule has 0 unspecified atom stereocenters. The molecule has 0 fully saturated rings. The fourth-order valence-corrected chi connectivity index (χ4v) is 1.09. The summed E-state index contributed by atoms with van der Waals surface area (Å²) < 4.78 is 17.3. The number of rotatable bonds is 2. The van der Waals surface area contributed by atoms with E-state index in [4.69, 9.17) is 10.7 Å². The maximum absolute atomic E-state index is 12.6. The fourth-order valence-electron chi connectivity index (χ4n) is 0.595. The van der Waals surface area contributed by atoms with Gasteiger partial charge in [0.15, 0.2) is 5.75 Å². The zero-order chi connectivity index (χ0) is 8.27. The maximum atomic E-state index is 12.6. The molecule has 0 N–H and O–H groups in total. The Morgan fingerprint density at radius 2 is 2.45 bits per heavy atom. The smallest absolute Gasteiger partial charge is 0.255 e. The van der Waals surface area contributed by atoms with Gasteiger partial charge in [0.05, 0.1) is 7.11 Å². The van der Waals surface area contributed by atoms with Gasteiger partial charge in [0.2, 0.25) is 0 Å². The van der Waals surface area contributed by atoms with E-state index >= 15 is 0 Å². The van der Waals surface area contributed by atoms with Crippen molar-refractivity contribution in [3.8, 4) is 5.75 Å². The van der Waals surface area contributed by atoms with Gasteiger partial charge in [0, 0.05) is 17.2 Å². The minimum absolute atomic E-state index is 0.107. The van der Waals surface area contributed by atoms with E-state index in [2.05, 4.69) is 9.72 Å². The van der Waals surface area contributed by atoms with E-state index in [0.29, 0.717) is 4.90 Å². The Kier molecular flexibility index (Phi) is 2.96. The molecule has 1 aromatic heterocycles. The summed E-state index contributed by atoms with van der Waals surface area (Å²) in [7, 11) is 7.75. The van der Waals surface area contributed by atoms with Crippen molar-refractivity contribution in [2.75, 3.05) is 7.11 Å². The van der Waals surface area contributed by atoms with Gasteiger partial charge in [-0.15, -0.1) is 0 Å². The second kappa shape index (κ2) is 3.78. The van der Waals surface area contributed by atoms with Crippen molar-refractivity contribution in [2.45, 2.75) is 4.90 Å². The number of pyridine rings is 1. The second-order valence-electron chi connectivity index (χ2n) is 1.74. The molecule has 1 aromatic rings. The molecule has 0 spiro atoms. The highest BCUT2D eigenvalue weighted by Gasteiger charge is 2.03. The van der Waals surface area contributed by atoms with Crippen LogP contribution in [0.25, 0.3) is 0 Å². The molecule has 2 nitrogen and oxygen atoms in total. The Labute approximate surface area is 72.2 Å². The molecule has 0 atom stereocenters. The number of hydrogen-bond acceptors (Lipinski definition) is 3. The van der Waals surface area contributed by atoms with Crippen LogP contribution in [-0.2, 0) is 0 Å². The van der Waals surface area contributed by atoms with Crippen LogP contribution >= 0.6 is 21.7 Å². The Hall–Kier alpha value is -0.480. The third kappa shape index (κ3) is 1.97. The van der Waals surface area contributed by atoms with Crippen LogP contribution in [0, 0.1) is 5.95 Å². The predicted octanol–water partition coefficient (Wildman–Crippen LogP) is 2.48. The van der Waals surface area contributed by atoms with Crippen molar-refractivity contribution in [3.05, 3.63) is 18.2 Å². The highest BCUT2D eigenvalue weighted by atomic mass is 35.7. The average molecular weight is 194 g/mol. The molecule has 11 heavy (non-hydrogen) atoms. The second-order valence-corrected chi connectivity index (χ2v) is 2.83. The van der Waals surface area contributed by atoms with E-state index in [-0.39, 0.29) is 5.75 Å². The van der Waals surface area contributed by atoms with Crippen LogP contribution in [0.5, 0.6) is 5.75 Å². The standard InChI is InChI=1S/C6H5ClFNOS/c1-10-5-2-4(11-7)3-9-6(5)8/h2-3H,1H3. The molecule has 5 heteroatoms. The minimum atomic E-state index is -0.623. The third-order valence-electron chi connectivity index (χ3n) is 1.09. The minimum Gasteiger partial charge on any atom is -0.492 e. The van der Waals surface area contributed by atoms with Crippen molar-refractivity contribution < 1.29 is 9.13 Å². The molecule has 0 aliphatic carbocycles. The van der Waals surface area contributed by atoms with E-state index in [1.807, 2.05) is 0 Å². The molecule has 1 rings (SSSR count). The molecule has 1 heterocycles. The summed E-state index contributed by atoms with van der Waals surface area (Å²) in [4.78, 5) is 4.08. The number of ether oxygens (including phenoxy) is 1. The maximum Gasteiger partial charge on any atom is 0.255 e. The van der Waals surface area contributed by atoms with Gasteiger partial charge in [0.1, 0.15) is 0 Å². The molecular formula is C6H5ClFNOS. The van der Waals surface area contributed by atoms with Crippen LogP contribution in [0.15, 0.2) is 17.2 Å². The van der Waals surface area contributed by atoms with Crippen molar-refractivity contribution >= 4 is 21.7 Å². The summed E-state index contributed by atoms with van der Waals surface area (Å²) in [6.45, 7) is 0. The summed E-state index contributed by atoms with van der Waals surface area (Å²) in [5.41, 5.74) is 0. The Balaban J connectivity index is 3.02. The Morgan fingerprint density at radius 3 is 3.00 bits per heavy atom. The van der Waals surface area contributed by atoms with E-state index in [1.165, 1.54) is 19.4 Å². The van der Waals surface area contributed by atoms with Crippen molar-refractivity contribution in [1.29, 1.82) is 0 Å². The number of halogens is 2. The van der Waals surface area contributed by atoms with Crippen LogP contribution < -0.4 is 4.74 Å². The van der Waals surface area contributed by atoms with Crippen LogP contribution in [0.1, 0.15) is 0 Å². The lowest BCUT2D eigenvalue weighted by molar-refractivity contribution is 0.376. The number of aromatic nitrogens is 1. The van der Waals surface area contributed by atoms with Gasteiger partial charge in [-0.1, -0.05) is 0 Å². The first-order valence-electron chi connectivity index (χ1n) is 2.76. The molecule has 0 aromatic carbocycles. The predicted molar refractivity (Wildman–Crippen MR) is 42.5 cm³/mol. The monoisotopic (exact) mass is 193 g/mol. The first kappa shape index (κ1) is 8.62. The topological polar surface area (TPSA) is 22.1 Å². The summed E-state index contributed by atoms with van der Waals surface area (Å²) in [6, 6.07) is 1.49. The first-order valence-corrected chi connectivity index (χ1v) is 4.40. The molecule has 60 valence electrons. The number of methoxy groups -OCH3 is 1. The van der Waals surface area contributed by atoms with E-state index in [0.717, 1.165) is 11.0 Å². The quantitative estimate of drug-likeness (QED) is 0.674. The SMILES string of the molecule is COc1cc(SCl)cnc1F. The highest BCUT2D eigenvalue weighted by Crippen LogP contribution is 2.25. The van der Waals surface area contributed by atoms with E-state index in [9.17, 15) is 4.39 Å². The molecule has 0 amide bonds. The molecule has 0 radical (unpaired) electrons. The van der Waals surface area contributed by atoms with Gasteiger partial charge in [-0.2, -0.15) is 4.39 Å². The third-order valence-corrected chi connectivity index (χ3v) is 2.03. The first-order chi connectivity index (χ1) is 5.27. The van der Waals surface area contributed by atoms with Crippen LogP contribution in [0.2, 0.25) is 0 Å². The highest BCUT2D eigenvalue weighted by molar-refractivity contribution is 8.21. The van der Waals surface area contributed by atoms with Gasteiger partial charge in [-0.25, -0.2) is 4.98 Å². The van der Waals surface area contributed by atoms with Crippen molar-refractivity contribution in [3.63, 3.8) is 0 Å². The van der Waals surface area contributed by atoms with Gasteiger partial charge in [0.25, 0.3) is 5.95 Å². The molecule has 0 saturated heterocycles. The van der Waals surface area contributed by atoms with Gasteiger partial charge in [-0.3, -0.25) is 0 Å². The summed E-state index contributed by atoms with van der Waals surface area (Å²) >= 11 is 0. The normalized spacial score (nSPS) is 9.73.